The molecule has 4 rings (SSSR count). The number of para-hydroxylation sites is 1. The van der Waals surface area contributed by atoms with E-state index in [9.17, 15) is 4.79 Å². The topological polar surface area (TPSA) is 85.6 Å². The Morgan fingerprint density at radius 3 is 2.59 bits per heavy atom. The zero-order valence-electron chi connectivity index (χ0n) is 14.1. The molecule has 0 fully saturated rings. The van der Waals surface area contributed by atoms with E-state index in [1.165, 1.54) is 16.0 Å². The number of carbonyl (C=O) groups excluding carboxylic acids is 1. The molecule has 0 aliphatic carbocycles. The number of aromatic nitrogens is 5. The number of amides is 1. The van der Waals surface area contributed by atoms with Crippen LogP contribution in [0.15, 0.2) is 54.9 Å². The van der Waals surface area contributed by atoms with Crippen molar-refractivity contribution in [3.63, 3.8) is 0 Å². The Bertz CT molecular complexity index is 1090. The van der Waals surface area contributed by atoms with Gasteiger partial charge in [0.1, 0.15) is 15.7 Å². The molecule has 0 saturated heterocycles. The molecule has 0 radical (unpaired) electrons. The molecule has 9 heteroatoms. The van der Waals surface area contributed by atoms with Crippen molar-refractivity contribution < 1.29 is 4.79 Å². The van der Waals surface area contributed by atoms with Gasteiger partial charge in [0, 0.05) is 18.0 Å². The third-order valence-electron chi connectivity index (χ3n) is 3.80. The lowest BCUT2D eigenvalue weighted by molar-refractivity contribution is 0.102. The molecule has 0 aliphatic heterocycles. The maximum absolute atomic E-state index is 12.7. The van der Waals surface area contributed by atoms with Gasteiger partial charge < -0.3 is 0 Å². The van der Waals surface area contributed by atoms with Gasteiger partial charge in [-0.15, -0.1) is 10.2 Å². The Morgan fingerprint density at radius 1 is 1.11 bits per heavy atom. The van der Waals surface area contributed by atoms with E-state index in [1.807, 2.05) is 42.5 Å². The van der Waals surface area contributed by atoms with Crippen LogP contribution in [0.1, 0.15) is 16.1 Å². The molecule has 3 heterocycles. The summed E-state index contributed by atoms with van der Waals surface area (Å²) in [6.07, 6.45) is 3.35. The van der Waals surface area contributed by atoms with Crippen molar-refractivity contribution in [2.24, 2.45) is 0 Å². The van der Waals surface area contributed by atoms with Gasteiger partial charge >= 0.3 is 0 Å². The van der Waals surface area contributed by atoms with Crippen molar-refractivity contribution in [2.45, 2.75) is 6.92 Å². The number of pyridine rings is 1. The summed E-state index contributed by atoms with van der Waals surface area (Å²) < 4.78 is 1.54. The van der Waals surface area contributed by atoms with Crippen LogP contribution in [-0.4, -0.2) is 30.9 Å². The minimum atomic E-state index is -0.378. The van der Waals surface area contributed by atoms with Crippen LogP contribution in [0.4, 0.5) is 5.13 Å². The highest BCUT2D eigenvalue weighted by atomic mass is 35.5. The van der Waals surface area contributed by atoms with Gasteiger partial charge in [0.2, 0.25) is 5.13 Å². The van der Waals surface area contributed by atoms with Gasteiger partial charge in [0.25, 0.3) is 5.91 Å². The second-order valence-electron chi connectivity index (χ2n) is 5.60. The van der Waals surface area contributed by atoms with Gasteiger partial charge in [-0.2, -0.15) is 5.10 Å². The van der Waals surface area contributed by atoms with E-state index in [4.69, 9.17) is 11.6 Å². The molecular weight excluding hydrogens is 384 g/mol. The number of carbonyl (C=O) groups is 1. The first kappa shape index (κ1) is 17.3. The van der Waals surface area contributed by atoms with Crippen LogP contribution in [0, 0.1) is 6.92 Å². The number of hydrogen-bond acceptors (Lipinski definition) is 6. The smallest absolute Gasteiger partial charge is 0.262 e. The Balaban J connectivity index is 1.59. The Morgan fingerprint density at radius 2 is 1.85 bits per heavy atom. The molecule has 134 valence electrons. The summed E-state index contributed by atoms with van der Waals surface area (Å²) in [6.45, 7) is 1.74. The Kier molecular flexibility index (Phi) is 4.66. The number of nitrogens with zero attached hydrogens (tertiary/aromatic N) is 5. The fraction of sp³-hybridized carbons (Fsp3) is 0.0556. The zero-order valence-corrected chi connectivity index (χ0v) is 15.7. The van der Waals surface area contributed by atoms with Crippen molar-refractivity contribution in [3.8, 4) is 16.3 Å². The van der Waals surface area contributed by atoms with E-state index in [1.54, 1.807) is 19.3 Å². The number of nitrogens with one attached hydrogen (secondary N) is 1. The molecule has 4 aromatic rings. The third-order valence-corrected chi connectivity index (χ3v) is 5.04. The van der Waals surface area contributed by atoms with Crippen molar-refractivity contribution in [2.75, 3.05) is 5.32 Å². The van der Waals surface area contributed by atoms with Crippen LogP contribution in [-0.2, 0) is 0 Å². The SMILES string of the molecule is Cc1nn(-c2ccccc2)c(Cl)c1C(=O)Nc1nnc(-c2ccncc2)s1. The lowest BCUT2D eigenvalue weighted by Gasteiger charge is -2.03. The number of aryl methyl sites for hydroxylation is 1. The highest BCUT2D eigenvalue weighted by Crippen LogP contribution is 2.28. The van der Waals surface area contributed by atoms with Crippen LogP contribution in [0.3, 0.4) is 0 Å². The molecule has 3 aromatic heterocycles. The van der Waals surface area contributed by atoms with E-state index in [0.717, 1.165) is 11.3 Å². The van der Waals surface area contributed by atoms with Crippen LogP contribution in [0.2, 0.25) is 5.15 Å². The summed E-state index contributed by atoms with van der Waals surface area (Å²) >= 11 is 7.70. The van der Waals surface area contributed by atoms with Crippen molar-refractivity contribution in [1.82, 2.24) is 25.0 Å². The normalized spacial score (nSPS) is 10.7. The number of benzene rings is 1. The molecule has 1 aromatic carbocycles. The highest BCUT2D eigenvalue weighted by Gasteiger charge is 2.22. The number of hydrogen-bond donors (Lipinski definition) is 1. The van der Waals surface area contributed by atoms with E-state index >= 15 is 0 Å². The quantitative estimate of drug-likeness (QED) is 0.563. The second-order valence-corrected chi connectivity index (χ2v) is 6.94. The molecule has 0 bridgehead atoms. The summed E-state index contributed by atoms with van der Waals surface area (Å²) in [7, 11) is 0. The van der Waals surface area contributed by atoms with Crippen LogP contribution < -0.4 is 5.32 Å². The zero-order chi connectivity index (χ0) is 18.8. The lowest BCUT2D eigenvalue weighted by Crippen LogP contribution is -2.13. The van der Waals surface area contributed by atoms with Gasteiger partial charge in [-0.05, 0) is 31.2 Å². The summed E-state index contributed by atoms with van der Waals surface area (Å²) in [6, 6.07) is 13.1. The Hall–Kier alpha value is -3.10. The summed E-state index contributed by atoms with van der Waals surface area (Å²) in [4.78, 5) is 16.7. The molecule has 0 saturated carbocycles. The minimum Gasteiger partial charge on any atom is -0.296 e. The predicted molar refractivity (Wildman–Crippen MR) is 104 cm³/mol. The van der Waals surface area contributed by atoms with Crippen LogP contribution in [0.25, 0.3) is 16.3 Å². The maximum Gasteiger partial charge on any atom is 0.262 e. The van der Waals surface area contributed by atoms with E-state index < -0.39 is 0 Å². The third kappa shape index (κ3) is 3.44. The summed E-state index contributed by atoms with van der Waals surface area (Å²) in [5.74, 6) is -0.378. The standard InChI is InChI=1S/C18H13ClN6OS/c1-11-14(15(19)25(24-11)13-5-3-2-4-6-13)16(26)21-18-23-22-17(27-18)12-7-9-20-10-8-12/h2-10H,1H3,(H,21,23,26). The first-order valence-electron chi connectivity index (χ1n) is 7.99. The molecule has 0 spiro atoms. The van der Waals surface area contributed by atoms with E-state index in [0.29, 0.717) is 21.4 Å². The second kappa shape index (κ2) is 7.26. The highest BCUT2D eigenvalue weighted by molar-refractivity contribution is 7.18. The van der Waals surface area contributed by atoms with Gasteiger partial charge in [0.05, 0.1) is 11.4 Å². The van der Waals surface area contributed by atoms with Gasteiger partial charge in [0.15, 0.2) is 0 Å². The van der Waals surface area contributed by atoms with Crippen molar-refractivity contribution in [1.29, 1.82) is 0 Å². The molecule has 1 N–H and O–H groups in total. The van der Waals surface area contributed by atoms with Gasteiger partial charge in [-0.3, -0.25) is 15.1 Å². The molecule has 0 unspecified atom stereocenters. The fourth-order valence-corrected chi connectivity index (χ4v) is 3.64. The first-order chi connectivity index (χ1) is 13.1. The van der Waals surface area contributed by atoms with Gasteiger partial charge in [-0.1, -0.05) is 41.1 Å². The van der Waals surface area contributed by atoms with Gasteiger partial charge in [-0.25, -0.2) is 4.68 Å². The van der Waals surface area contributed by atoms with Crippen LogP contribution in [0.5, 0.6) is 0 Å². The van der Waals surface area contributed by atoms with Crippen LogP contribution >= 0.6 is 22.9 Å². The molecule has 27 heavy (non-hydrogen) atoms. The average molecular weight is 397 g/mol. The molecule has 0 atom stereocenters. The molecular formula is C18H13ClN6OS. The number of halogens is 1. The Labute approximate surface area is 163 Å². The van der Waals surface area contributed by atoms with E-state index in [2.05, 4.69) is 25.6 Å². The summed E-state index contributed by atoms with van der Waals surface area (Å²) in [5.41, 5.74) is 2.50. The van der Waals surface area contributed by atoms with Crippen molar-refractivity contribution >= 4 is 34.0 Å². The average Bonchev–Trinajstić information content (AvgIpc) is 3.27. The predicted octanol–water partition coefficient (Wildman–Crippen LogP) is 4.00. The largest absolute Gasteiger partial charge is 0.296 e. The number of anilines is 1. The lowest BCUT2D eigenvalue weighted by atomic mass is 10.2. The first-order valence-corrected chi connectivity index (χ1v) is 9.18. The molecule has 0 aliphatic rings. The van der Waals surface area contributed by atoms with E-state index in [-0.39, 0.29) is 11.1 Å². The maximum atomic E-state index is 12.7. The van der Waals surface area contributed by atoms with Crippen molar-refractivity contribution in [3.05, 3.63) is 71.3 Å². The minimum absolute atomic E-state index is 0.245. The monoisotopic (exact) mass is 396 g/mol. The summed E-state index contributed by atoms with van der Waals surface area (Å²) in [5, 5.41) is 16.6. The fourth-order valence-electron chi connectivity index (χ4n) is 2.54. The molecule has 7 nitrogen and oxygen atoms in total. The molecule has 1 amide bonds. The number of rotatable bonds is 4.